The van der Waals surface area contributed by atoms with E-state index in [4.69, 9.17) is 11.5 Å². The summed E-state index contributed by atoms with van der Waals surface area (Å²) in [7, 11) is 0. The summed E-state index contributed by atoms with van der Waals surface area (Å²) in [5, 5.41) is 8.11. The van der Waals surface area contributed by atoms with Gasteiger partial charge in [-0.2, -0.15) is 0 Å². The smallest absolute Gasteiger partial charge is 0.242 e. The lowest BCUT2D eigenvalue weighted by Gasteiger charge is -2.26. The van der Waals surface area contributed by atoms with E-state index in [1.165, 1.54) is 23.1 Å². The third kappa shape index (κ3) is 3.97. The van der Waals surface area contributed by atoms with Gasteiger partial charge in [0, 0.05) is 5.75 Å². The minimum absolute atomic E-state index is 0.450. The lowest BCUT2D eigenvalue weighted by Crippen LogP contribution is -2.49. The van der Waals surface area contributed by atoms with Crippen molar-refractivity contribution in [1.29, 1.82) is 0 Å². The molecular formula is C13H16N4OS3. The fourth-order valence-corrected chi connectivity index (χ4v) is 4.37. The van der Waals surface area contributed by atoms with Crippen molar-refractivity contribution in [2.45, 2.75) is 20.6 Å². The molecule has 1 heterocycles. The first-order valence-corrected chi connectivity index (χ1v) is 9.23. The van der Waals surface area contributed by atoms with Crippen LogP contribution in [0.2, 0.25) is 0 Å². The molecule has 0 fully saturated rings. The van der Waals surface area contributed by atoms with Gasteiger partial charge in [-0.3, -0.25) is 4.79 Å². The molecule has 1 aromatic heterocycles. The van der Waals surface area contributed by atoms with Gasteiger partial charge in [0.1, 0.15) is 5.54 Å². The molecule has 1 atom stereocenters. The van der Waals surface area contributed by atoms with Crippen LogP contribution in [0.4, 0.5) is 0 Å². The zero-order chi connectivity index (χ0) is 15.3. The van der Waals surface area contributed by atoms with Gasteiger partial charge in [-0.25, -0.2) is 0 Å². The highest BCUT2D eigenvalue weighted by Crippen LogP contribution is 2.30. The molecule has 1 aromatic carbocycles. The lowest BCUT2D eigenvalue weighted by molar-refractivity contribution is -0.123. The van der Waals surface area contributed by atoms with Gasteiger partial charge in [0.25, 0.3) is 0 Å². The van der Waals surface area contributed by atoms with E-state index in [2.05, 4.69) is 10.2 Å². The predicted molar refractivity (Wildman–Crippen MR) is 88.5 cm³/mol. The normalized spacial score (nSPS) is 13.8. The van der Waals surface area contributed by atoms with E-state index in [0.29, 0.717) is 12.2 Å². The van der Waals surface area contributed by atoms with Crippen molar-refractivity contribution in [2.24, 2.45) is 11.5 Å². The first-order valence-electron chi connectivity index (χ1n) is 6.21. The average molecular weight is 340 g/mol. The van der Waals surface area contributed by atoms with Gasteiger partial charge in [0.05, 0.1) is 0 Å². The molecule has 0 saturated carbocycles. The predicted octanol–water partition coefficient (Wildman–Crippen LogP) is 2.08. The Balaban J connectivity index is 2.02. The van der Waals surface area contributed by atoms with Crippen molar-refractivity contribution >= 4 is 40.8 Å². The number of carbonyl (C=O) groups is 1. The first-order chi connectivity index (χ1) is 10.1. The van der Waals surface area contributed by atoms with Gasteiger partial charge in [0.2, 0.25) is 5.91 Å². The van der Waals surface area contributed by atoms with Gasteiger partial charge >= 0.3 is 0 Å². The summed E-state index contributed by atoms with van der Waals surface area (Å²) in [5.74, 6) is 0.133. The van der Waals surface area contributed by atoms with Crippen LogP contribution in [0.3, 0.4) is 0 Å². The molecule has 21 heavy (non-hydrogen) atoms. The van der Waals surface area contributed by atoms with Gasteiger partial charge in [-0.05, 0) is 18.2 Å². The summed E-state index contributed by atoms with van der Waals surface area (Å²) in [6.07, 6.45) is 2.41. The van der Waals surface area contributed by atoms with E-state index < -0.39 is 11.4 Å². The van der Waals surface area contributed by atoms with Crippen LogP contribution in [0.5, 0.6) is 0 Å². The van der Waals surface area contributed by atoms with E-state index in [0.717, 1.165) is 14.2 Å². The fourth-order valence-electron chi connectivity index (χ4n) is 1.78. The van der Waals surface area contributed by atoms with E-state index in [9.17, 15) is 4.79 Å². The summed E-state index contributed by atoms with van der Waals surface area (Å²) < 4.78 is 1.80. The molecule has 0 aliphatic heterocycles. The Morgan fingerprint density at radius 2 is 1.95 bits per heavy atom. The average Bonchev–Trinajstić information content (AvgIpc) is 2.95. The van der Waals surface area contributed by atoms with Crippen molar-refractivity contribution in [3.63, 3.8) is 0 Å². The highest BCUT2D eigenvalue weighted by Gasteiger charge is 2.33. The highest BCUT2D eigenvalue weighted by molar-refractivity contribution is 8.02. The van der Waals surface area contributed by atoms with Crippen molar-refractivity contribution in [3.8, 4) is 0 Å². The van der Waals surface area contributed by atoms with E-state index in [1.807, 2.05) is 36.6 Å². The first kappa shape index (κ1) is 16.3. The number of primary amides is 1. The number of rotatable bonds is 7. The second-order valence-electron chi connectivity index (χ2n) is 4.34. The van der Waals surface area contributed by atoms with Crippen LogP contribution in [0, 0.1) is 0 Å². The van der Waals surface area contributed by atoms with E-state index in [1.54, 1.807) is 11.8 Å². The fraction of sp³-hybridized carbons (Fsp3) is 0.308. The maximum atomic E-state index is 11.8. The number of benzene rings is 1. The molecule has 5 nitrogen and oxygen atoms in total. The Morgan fingerprint density at radius 1 is 1.29 bits per heavy atom. The van der Waals surface area contributed by atoms with Crippen molar-refractivity contribution in [2.75, 3.05) is 12.0 Å². The summed E-state index contributed by atoms with van der Waals surface area (Å²) in [6, 6.07) is 9.23. The SMILES string of the molecule is CSc1nnc(SCCC(N)(C(N)=O)c2ccccc2)s1. The minimum atomic E-state index is -1.15. The summed E-state index contributed by atoms with van der Waals surface area (Å²) in [4.78, 5) is 11.8. The van der Waals surface area contributed by atoms with Crippen molar-refractivity contribution in [1.82, 2.24) is 10.2 Å². The molecule has 4 N–H and O–H groups in total. The minimum Gasteiger partial charge on any atom is -0.368 e. The topological polar surface area (TPSA) is 94.9 Å². The zero-order valence-corrected chi connectivity index (χ0v) is 13.9. The van der Waals surface area contributed by atoms with Crippen LogP contribution in [0.25, 0.3) is 0 Å². The molecular weight excluding hydrogens is 324 g/mol. The Bertz CT molecular complexity index is 604. The molecule has 0 aliphatic rings. The molecule has 0 radical (unpaired) electrons. The number of nitrogens with two attached hydrogens (primary N) is 2. The monoisotopic (exact) mass is 340 g/mol. The summed E-state index contributed by atoms with van der Waals surface area (Å²) >= 11 is 4.64. The van der Waals surface area contributed by atoms with Gasteiger partial charge in [0.15, 0.2) is 8.68 Å². The molecule has 2 rings (SSSR count). The Hall–Kier alpha value is -1.09. The van der Waals surface area contributed by atoms with E-state index in [-0.39, 0.29) is 0 Å². The van der Waals surface area contributed by atoms with Gasteiger partial charge in [-0.15, -0.1) is 10.2 Å². The largest absolute Gasteiger partial charge is 0.368 e. The molecule has 112 valence electrons. The summed E-state index contributed by atoms with van der Waals surface area (Å²) in [6.45, 7) is 0. The Labute approximate surface area is 135 Å². The number of amides is 1. The molecule has 1 unspecified atom stereocenters. The molecule has 0 spiro atoms. The number of hydrogen-bond donors (Lipinski definition) is 2. The standard InChI is InChI=1S/C13H16N4OS3/c1-19-11-16-17-12(21-11)20-8-7-13(15,10(14)18)9-5-3-2-4-6-9/h2-6H,7-8,15H2,1H3,(H2,14,18). The molecule has 1 amide bonds. The van der Waals surface area contributed by atoms with Crippen LogP contribution in [-0.2, 0) is 10.3 Å². The molecule has 0 aliphatic carbocycles. The van der Waals surface area contributed by atoms with Gasteiger partial charge in [-0.1, -0.05) is 65.2 Å². The van der Waals surface area contributed by atoms with Crippen LogP contribution < -0.4 is 11.5 Å². The lowest BCUT2D eigenvalue weighted by atomic mass is 9.88. The maximum absolute atomic E-state index is 11.8. The molecule has 8 heteroatoms. The third-order valence-corrected chi connectivity index (χ3v) is 6.05. The van der Waals surface area contributed by atoms with Crippen LogP contribution in [0.15, 0.2) is 39.0 Å². The number of carbonyl (C=O) groups excluding carboxylic acids is 1. The second kappa shape index (κ2) is 7.26. The second-order valence-corrected chi connectivity index (χ2v) is 7.71. The van der Waals surface area contributed by atoms with Crippen LogP contribution >= 0.6 is 34.9 Å². The van der Waals surface area contributed by atoms with Crippen LogP contribution in [0.1, 0.15) is 12.0 Å². The van der Waals surface area contributed by atoms with E-state index >= 15 is 0 Å². The number of hydrogen-bond acceptors (Lipinski definition) is 7. The quantitative estimate of drug-likeness (QED) is 0.749. The highest BCUT2D eigenvalue weighted by atomic mass is 32.2. The molecule has 0 saturated heterocycles. The summed E-state index contributed by atoms with van der Waals surface area (Å²) in [5.41, 5.74) is 11.3. The van der Waals surface area contributed by atoms with Crippen molar-refractivity contribution < 1.29 is 4.79 Å². The van der Waals surface area contributed by atoms with Gasteiger partial charge < -0.3 is 11.5 Å². The number of nitrogens with zero attached hydrogens (tertiary/aromatic N) is 2. The zero-order valence-electron chi connectivity index (χ0n) is 11.5. The third-order valence-electron chi connectivity index (χ3n) is 3.01. The maximum Gasteiger partial charge on any atom is 0.242 e. The molecule has 0 bridgehead atoms. The Morgan fingerprint density at radius 3 is 2.52 bits per heavy atom. The Kier molecular flexibility index (Phi) is 5.63. The number of aromatic nitrogens is 2. The number of thioether (sulfide) groups is 2. The molecule has 2 aromatic rings. The van der Waals surface area contributed by atoms with Crippen LogP contribution in [-0.4, -0.2) is 28.1 Å². The van der Waals surface area contributed by atoms with Crippen molar-refractivity contribution in [3.05, 3.63) is 35.9 Å².